The molecule has 2 rings (SSSR count). The van der Waals surface area contributed by atoms with Gasteiger partial charge in [-0.3, -0.25) is 4.79 Å². The van der Waals surface area contributed by atoms with E-state index < -0.39 is 0 Å². The first-order valence-corrected chi connectivity index (χ1v) is 6.67. The fourth-order valence-corrected chi connectivity index (χ4v) is 2.28. The van der Waals surface area contributed by atoms with E-state index in [1.165, 1.54) is 0 Å². The molecule has 1 aromatic heterocycles. The summed E-state index contributed by atoms with van der Waals surface area (Å²) in [6.07, 6.45) is 0.983. The van der Waals surface area contributed by atoms with Crippen LogP contribution >= 0.6 is 0 Å². The summed E-state index contributed by atoms with van der Waals surface area (Å²) in [5, 5.41) is 2.98. The number of aromatic nitrogens is 1. The zero-order chi connectivity index (χ0) is 13.8. The van der Waals surface area contributed by atoms with Gasteiger partial charge in [0.1, 0.15) is 5.82 Å². The number of nitrogens with zero attached hydrogens (tertiary/aromatic N) is 2. The van der Waals surface area contributed by atoms with Gasteiger partial charge in [0, 0.05) is 38.0 Å². The van der Waals surface area contributed by atoms with E-state index in [1.807, 2.05) is 24.8 Å². The van der Waals surface area contributed by atoms with Crippen molar-refractivity contribution < 1.29 is 9.53 Å². The van der Waals surface area contributed by atoms with Gasteiger partial charge in [0.15, 0.2) is 0 Å². The molecule has 1 aromatic rings. The van der Waals surface area contributed by atoms with Crippen molar-refractivity contribution >= 4 is 11.7 Å². The number of hydrogen-bond acceptors (Lipinski definition) is 4. The number of amides is 1. The smallest absolute Gasteiger partial charge is 0.254 e. The van der Waals surface area contributed by atoms with Crippen LogP contribution in [0.2, 0.25) is 0 Å². The van der Waals surface area contributed by atoms with Crippen LogP contribution in [0.1, 0.15) is 29.4 Å². The molecule has 1 amide bonds. The minimum atomic E-state index is 0.0550. The predicted molar refractivity (Wildman–Crippen MR) is 74.5 cm³/mol. The molecule has 1 atom stereocenters. The second kappa shape index (κ2) is 6.02. The third kappa shape index (κ3) is 3.44. The summed E-state index contributed by atoms with van der Waals surface area (Å²) in [4.78, 5) is 18.7. The van der Waals surface area contributed by atoms with Crippen molar-refractivity contribution in [3.05, 3.63) is 23.4 Å². The number of nitrogens with one attached hydrogen (secondary N) is 1. The van der Waals surface area contributed by atoms with E-state index in [2.05, 4.69) is 10.3 Å². The Morgan fingerprint density at radius 3 is 3.05 bits per heavy atom. The molecular formula is C14H21N3O2. The Morgan fingerprint density at radius 2 is 2.32 bits per heavy atom. The first-order chi connectivity index (χ1) is 9.10. The molecule has 0 aromatic carbocycles. The Kier molecular flexibility index (Phi) is 4.37. The number of pyridine rings is 1. The first kappa shape index (κ1) is 13.8. The summed E-state index contributed by atoms with van der Waals surface area (Å²) in [5.74, 6) is 0.779. The summed E-state index contributed by atoms with van der Waals surface area (Å²) in [7, 11) is 1.80. The van der Waals surface area contributed by atoms with Crippen LogP contribution in [0.4, 0.5) is 5.82 Å². The average Bonchev–Trinajstić information content (AvgIpc) is 2.61. The van der Waals surface area contributed by atoms with Crippen molar-refractivity contribution in [2.24, 2.45) is 0 Å². The van der Waals surface area contributed by atoms with E-state index in [9.17, 15) is 4.79 Å². The van der Waals surface area contributed by atoms with E-state index in [0.717, 1.165) is 31.1 Å². The lowest BCUT2D eigenvalue weighted by Crippen LogP contribution is -2.36. The molecule has 0 aliphatic carbocycles. The van der Waals surface area contributed by atoms with Gasteiger partial charge in [-0.1, -0.05) is 0 Å². The van der Waals surface area contributed by atoms with E-state index >= 15 is 0 Å². The van der Waals surface area contributed by atoms with Crippen LogP contribution in [0.5, 0.6) is 0 Å². The summed E-state index contributed by atoms with van der Waals surface area (Å²) >= 11 is 0. The largest absolute Gasteiger partial charge is 0.377 e. The Hall–Kier alpha value is -1.62. The summed E-state index contributed by atoms with van der Waals surface area (Å²) < 4.78 is 5.57. The van der Waals surface area contributed by atoms with E-state index in [0.29, 0.717) is 12.1 Å². The van der Waals surface area contributed by atoms with Crippen molar-refractivity contribution in [2.75, 3.05) is 32.1 Å². The maximum absolute atomic E-state index is 12.5. The molecule has 104 valence electrons. The fourth-order valence-electron chi connectivity index (χ4n) is 2.28. The first-order valence-electron chi connectivity index (χ1n) is 6.67. The number of hydrogen-bond donors (Lipinski definition) is 1. The molecule has 0 radical (unpaired) electrons. The molecule has 1 aliphatic heterocycles. The summed E-state index contributed by atoms with van der Waals surface area (Å²) in [6.45, 7) is 6.02. The van der Waals surface area contributed by atoms with Gasteiger partial charge < -0.3 is 15.0 Å². The van der Waals surface area contributed by atoms with Crippen LogP contribution in [0.3, 0.4) is 0 Å². The lowest BCUT2D eigenvalue weighted by molar-refractivity contribution is 0.0562. The van der Waals surface area contributed by atoms with Crippen LogP contribution in [0.25, 0.3) is 0 Å². The van der Waals surface area contributed by atoms with Crippen molar-refractivity contribution in [1.29, 1.82) is 0 Å². The number of aryl methyl sites for hydroxylation is 1. The fraction of sp³-hybridized carbons (Fsp3) is 0.571. The van der Waals surface area contributed by atoms with Gasteiger partial charge in [-0.15, -0.1) is 0 Å². The molecule has 0 saturated carbocycles. The summed E-state index contributed by atoms with van der Waals surface area (Å²) in [5.41, 5.74) is 1.53. The van der Waals surface area contributed by atoms with Crippen LogP contribution < -0.4 is 5.32 Å². The Bertz CT molecular complexity index is 462. The van der Waals surface area contributed by atoms with E-state index in [-0.39, 0.29) is 12.0 Å². The monoisotopic (exact) mass is 263 g/mol. The molecule has 1 N–H and O–H groups in total. The maximum Gasteiger partial charge on any atom is 0.254 e. The molecule has 1 aliphatic rings. The van der Waals surface area contributed by atoms with Crippen LogP contribution in [-0.2, 0) is 4.74 Å². The molecular weight excluding hydrogens is 242 g/mol. The van der Waals surface area contributed by atoms with Crippen molar-refractivity contribution in [2.45, 2.75) is 26.4 Å². The molecule has 1 saturated heterocycles. The van der Waals surface area contributed by atoms with Crippen LogP contribution in [-0.4, -0.2) is 48.6 Å². The summed E-state index contributed by atoms with van der Waals surface area (Å²) in [6, 6.07) is 3.63. The van der Waals surface area contributed by atoms with Crippen molar-refractivity contribution in [1.82, 2.24) is 9.88 Å². The van der Waals surface area contributed by atoms with E-state index in [4.69, 9.17) is 4.74 Å². The van der Waals surface area contributed by atoms with Gasteiger partial charge in [0.05, 0.1) is 6.10 Å². The normalized spacial score (nSPS) is 19.9. The molecule has 2 heterocycles. The molecule has 19 heavy (non-hydrogen) atoms. The zero-order valence-corrected chi connectivity index (χ0v) is 11.8. The number of ether oxygens (including phenoxy) is 1. The highest BCUT2D eigenvalue weighted by Crippen LogP contribution is 2.14. The highest BCUT2D eigenvalue weighted by Gasteiger charge is 2.21. The topological polar surface area (TPSA) is 54.5 Å². The minimum Gasteiger partial charge on any atom is -0.377 e. The number of rotatable bonds is 2. The van der Waals surface area contributed by atoms with Crippen molar-refractivity contribution in [3.63, 3.8) is 0 Å². The highest BCUT2D eigenvalue weighted by atomic mass is 16.5. The predicted octanol–water partition coefficient (Wildman–Crippen LogP) is 1.68. The maximum atomic E-state index is 12.5. The van der Waals surface area contributed by atoms with Gasteiger partial charge in [-0.2, -0.15) is 0 Å². The second-order valence-corrected chi connectivity index (χ2v) is 4.92. The molecule has 5 heteroatoms. The molecule has 1 fully saturated rings. The molecule has 5 nitrogen and oxygen atoms in total. The zero-order valence-electron chi connectivity index (χ0n) is 11.8. The molecule has 1 unspecified atom stereocenters. The Balaban J connectivity index is 2.20. The average molecular weight is 263 g/mol. The quantitative estimate of drug-likeness (QED) is 0.882. The van der Waals surface area contributed by atoms with E-state index in [1.54, 1.807) is 13.1 Å². The third-order valence-corrected chi connectivity index (χ3v) is 3.20. The third-order valence-electron chi connectivity index (χ3n) is 3.20. The van der Waals surface area contributed by atoms with Gasteiger partial charge >= 0.3 is 0 Å². The standard InChI is InChI=1S/C14H21N3O2/c1-10-7-12(8-13(15-3)16-10)14(18)17-5-4-6-19-11(2)9-17/h7-8,11H,4-6,9H2,1-3H3,(H,15,16). The number of carbonyl (C=O) groups is 1. The van der Waals surface area contributed by atoms with Crippen LogP contribution in [0, 0.1) is 6.92 Å². The van der Waals surface area contributed by atoms with Gasteiger partial charge in [0.25, 0.3) is 5.91 Å². The van der Waals surface area contributed by atoms with Crippen LogP contribution in [0.15, 0.2) is 12.1 Å². The number of carbonyl (C=O) groups excluding carboxylic acids is 1. The molecule has 0 bridgehead atoms. The van der Waals surface area contributed by atoms with Crippen molar-refractivity contribution in [3.8, 4) is 0 Å². The lowest BCUT2D eigenvalue weighted by Gasteiger charge is -2.22. The highest BCUT2D eigenvalue weighted by molar-refractivity contribution is 5.95. The Morgan fingerprint density at radius 1 is 1.53 bits per heavy atom. The second-order valence-electron chi connectivity index (χ2n) is 4.92. The SMILES string of the molecule is CNc1cc(C(=O)N2CCCOC(C)C2)cc(C)n1. The Labute approximate surface area is 114 Å². The lowest BCUT2D eigenvalue weighted by atomic mass is 10.2. The minimum absolute atomic E-state index is 0.0550. The van der Waals surface area contributed by atoms with Gasteiger partial charge in [-0.25, -0.2) is 4.98 Å². The van der Waals surface area contributed by atoms with Gasteiger partial charge in [-0.05, 0) is 32.4 Å². The van der Waals surface area contributed by atoms with Gasteiger partial charge in [0.2, 0.25) is 0 Å². The molecule has 0 spiro atoms. The number of anilines is 1.